The molecule has 8 heteroatoms. The maximum absolute atomic E-state index is 4.35. The number of hydrogen-bond acceptors (Lipinski definition) is 7. The Morgan fingerprint density at radius 3 is 2.48 bits per heavy atom. The predicted octanol–water partition coefficient (Wildman–Crippen LogP) is 2.49. The van der Waals surface area contributed by atoms with Gasteiger partial charge >= 0.3 is 0 Å². The summed E-state index contributed by atoms with van der Waals surface area (Å²) in [5, 5.41) is 11.5. The van der Waals surface area contributed by atoms with Gasteiger partial charge in [0.15, 0.2) is 0 Å². The van der Waals surface area contributed by atoms with Crippen LogP contribution in [0.25, 0.3) is 11.3 Å². The fourth-order valence-electron chi connectivity index (χ4n) is 2.50. The van der Waals surface area contributed by atoms with Crippen molar-refractivity contribution in [1.29, 1.82) is 0 Å². The summed E-state index contributed by atoms with van der Waals surface area (Å²) >= 11 is 0. The van der Waals surface area contributed by atoms with Gasteiger partial charge in [-0.05, 0) is 12.5 Å². The van der Waals surface area contributed by atoms with Crippen LogP contribution in [0.3, 0.4) is 0 Å². The first-order chi connectivity index (χ1) is 13.3. The molecule has 1 aromatic carbocycles. The second kappa shape index (κ2) is 7.69. The van der Waals surface area contributed by atoms with Gasteiger partial charge in [0.1, 0.15) is 5.69 Å². The number of aryl methyl sites for hydroxylation is 1. The van der Waals surface area contributed by atoms with Gasteiger partial charge in [-0.1, -0.05) is 35.5 Å². The summed E-state index contributed by atoms with van der Waals surface area (Å²) in [5.41, 5.74) is 4.41. The number of rotatable bonds is 6. The van der Waals surface area contributed by atoms with Crippen LogP contribution in [-0.2, 0) is 13.1 Å². The van der Waals surface area contributed by atoms with Crippen LogP contribution in [0.5, 0.6) is 0 Å². The zero-order chi connectivity index (χ0) is 18.5. The average molecular weight is 358 g/mol. The molecule has 0 spiro atoms. The van der Waals surface area contributed by atoms with Crippen molar-refractivity contribution in [3.05, 3.63) is 78.3 Å². The van der Waals surface area contributed by atoms with Crippen molar-refractivity contribution in [3.63, 3.8) is 0 Å². The van der Waals surface area contributed by atoms with Gasteiger partial charge in [0, 0.05) is 30.7 Å². The fourth-order valence-corrected chi connectivity index (χ4v) is 2.50. The molecule has 0 radical (unpaired) electrons. The Balaban J connectivity index is 1.40. The van der Waals surface area contributed by atoms with Gasteiger partial charge in [-0.25, -0.2) is 14.6 Å². The van der Waals surface area contributed by atoms with Gasteiger partial charge in [0.25, 0.3) is 0 Å². The van der Waals surface area contributed by atoms with Crippen molar-refractivity contribution >= 4 is 5.95 Å². The minimum Gasteiger partial charge on any atom is -0.350 e. The molecule has 0 atom stereocenters. The van der Waals surface area contributed by atoms with E-state index in [1.165, 1.54) is 5.56 Å². The Labute approximate surface area is 156 Å². The summed E-state index contributed by atoms with van der Waals surface area (Å²) in [6.07, 6.45) is 8.80. The number of anilines is 1. The molecule has 3 aromatic heterocycles. The van der Waals surface area contributed by atoms with E-state index in [0.29, 0.717) is 24.7 Å². The molecule has 0 fully saturated rings. The second-order valence-electron chi connectivity index (χ2n) is 6.08. The molecule has 0 saturated heterocycles. The lowest BCUT2D eigenvalue weighted by atomic mass is 10.2. The van der Waals surface area contributed by atoms with E-state index in [-0.39, 0.29) is 0 Å². The molecule has 4 aromatic rings. The highest BCUT2D eigenvalue weighted by molar-refractivity contribution is 5.55. The maximum Gasteiger partial charge on any atom is 0.222 e. The SMILES string of the molecule is Cc1cnc(Cn2cc(-c3cnc(NCc4ccccc4)nc3)nn2)cn1. The third-order valence-electron chi connectivity index (χ3n) is 3.94. The van der Waals surface area contributed by atoms with Crippen LogP contribution in [0.2, 0.25) is 0 Å². The highest BCUT2D eigenvalue weighted by Crippen LogP contribution is 2.15. The maximum atomic E-state index is 4.35. The highest BCUT2D eigenvalue weighted by Gasteiger charge is 2.07. The zero-order valence-electron chi connectivity index (χ0n) is 14.8. The lowest BCUT2D eigenvalue weighted by molar-refractivity contribution is 0.636. The van der Waals surface area contributed by atoms with E-state index in [9.17, 15) is 0 Å². The van der Waals surface area contributed by atoms with Gasteiger partial charge in [0.05, 0.1) is 30.3 Å². The van der Waals surface area contributed by atoms with Crippen molar-refractivity contribution in [1.82, 2.24) is 34.9 Å². The van der Waals surface area contributed by atoms with E-state index in [0.717, 1.165) is 17.0 Å². The smallest absolute Gasteiger partial charge is 0.222 e. The third-order valence-corrected chi connectivity index (χ3v) is 3.94. The van der Waals surface area contributed by atoms with Crippen LogP contribution < -0.4 is 5.32 Å². The summed E-state index contributed by atoms with van der Waals surface area (Å²) in [6, 6.07) is 10.1. The first-order valence-corrected chi connectivity index (χ1v) is 8.54. The largest absolute Gasteiger partial charge is 0.350 e. The van der Waals surface area contributed by atoms with Crippen molar-refractivity contribution in [2.75, 3.05) is 5.32 Å². The van der Waals surface area contributed by atoms with Crippen LogP contribution in [-0.4, -0.2) is 34.9 Å². The van der Waals surface area contributed by atoms with Crippen LogP contribution in [0.4, 0.5) is 5.95 Å². The van der Waals surface area contributed by atoms with E-state index in [2.05, 4.69) is 47.7 Å². The Morgan fingerprint density at radius 1 is 0.926 bits per heavy atom. The topological polar surface area (TPSA) is 94.3 Å². The predicted molar refractivity (Wildman–Crippen MR) is 101 cm³/mol. The Bertz CT molecular complexity index is 994. The zero-order valence-corrected chi connectivity index (χ0v) is 14.8. The molecular weight excluding hydrogens is 340 g/mol. The number of nitrogens with one attached hydrogen (secondary N) is 1. The molecule has 4 rings (SSSR count). The lowest BCUT2D eigenvalue weighted by Crippen LogP contribution is -2.03. The molecule has 27 heavy (non-hydrogen) atoms. The van der Waals surface area contributed by atoms with Crippen molar-refractivity contribution in [3.8, 4) is 11.3 Å². The molecule has 0 aliphatic rings. The van der Waals surface area contributed by atoms with Gasteiger partial charge in [0.2, 0.25) is 5.95 Å². The minimum absolute atomic E-state index is 0.512. The Kier molecular flexibility index (Phi) is 4.78. The molecule has 134 valence electrons. The van der Waals surface area contributed by atoms with Crippen LogP contribution in [0.1, 0.15) is 17.0 Å². The molecule has 8 nitrogen and oxygen atoms in total. The van der Waals surface area contributed by atoms with E-state index in [1.54, 1.807) is 29.5 Å². The van der Waals surface area contributed by atoms with E-state index < -0.39 is 0 Å². The number of aromatic nitrogens is 7. The second-order valence-corrected chi connectivity index (χ2v) is 6.08. The number of hydrogen-bond donors (Lipinski definition) is 1. The molecule has 0 unspecified atom stereocenters. The van der Waals surface area contributed by atoms with Crippen molar-refractivity contribution in [2.24, 2.45) is 0 Å². The van der Waals surface area contributed by atoms with Crippen LogP contribution >= 0.6 is 0 Å². The van der Waals surface area contributed by atoms with Crippen molar-refractivity contribution < 1.29 is 0 Å². The van der Waals surface area contributed by atoms with E-state index in [1.807, 2.05) is 31.3 Å². The normalized spacial score (nSPS) is 10.7. The molecule has 0 bridgehead atoms. The van der Waals surface area contributed by atoms with E-state index in [4.69, 9.17) is 0 Å². The van der Waals surface area contributed by atoms with Gasteiger partial charge < -0.3 is 5.32 Å². The van der Waals surface area contributed by atoms with E-state index >= 15 is 0 Å². The Hall–Kier alpha value is -3.68. The molecule has 0 aliphatic heterocycles. The van der Waals surface area contributed by atoms with Gasteiger partial charge in [-0.15, -0.1) is 5.10 Å². The fraction of sp³-hybridized carbons (Fsp3) is 0.158. The summed E-state index contributed by atoms with van der Waals surface area (Å²) in [6.45, 7) is 3.09. The lowest BCUT2D eigenvalue weighted by Gasteiger charge is -2.04. The first-order valence-electron chi connectivity index (χ1n) is 8.54. The van der Waals surface area contributed by atoms with Crippen LogP contribution in [0.15, 0.2) is 61.3 Å². The monoisotopic (exact) mass is 358 g/mol. The molecular formula is C19H18N8. The van der Waals surface area contributed by atoms with Crippen LogP contribution in [0, 0.1) is 6.92 Å². The number of benzene rings is 1. The molecule has 1 N–H and O–H groups in total. The highest BCUT2D eigenvalue weighted by atomic mass is 15.4. The summed E-state index contributed by atoms with van der Waals surface area (Å²) in [4.78, 5) is 17.3. The summed E-state index contributed by atoms with van der Waals surface area (Å²) < 4.78 is 1.72. The third kappa shape index (κ3) is 4.30. The average Bonchev–Trinajstić information content (AvgIpc) is 3.18. The van der Waals surface area contributed by atoms with Gasteiger partial charge in [-0.2, -0.15) is 0 Å². The summed E-state index contributed by atoms with van der Waals surface area (Å²) in [7, 11) is 0. The summed E-state index contributed by atoms with van der Waals surface area (Å²) in [5.74, 6) is 0.574. The van der Waals surface area contributed by atoms with Crippen molar-refractivity contribution in [2.45, 2.75) is 20.0 Å². The standard InChI is InChI=1S/C19H18N8/c1-14-7-21-17(11-20-14)12-27-13-18(25-26-27)16-9-23-19(24-10-16)22-8-15-5-3-2-4-6-15/h2-7,9-11,13H,8,12H2,1H3,(H,22,23,24). The molecule has 0 amide bonds. The molecule has 0 aliphatic carbocycles. The first kappa shape index (κ1) is 16.8. The molecule has 0 saturated carbocycles. The number of nitrogens with zero attached hydrogens (tertiary/aromatic N) is 7. The van der Waals surface area contributed by atoms with Gasteiger partial charge in [-0.3, -0.25) is 9.97 Å². The Morgan fingerprint density at radius 2 is 1.74 bits per heavy atom. The minimum atomic E-state index is 0.512. The molecule has 3 heterocycles. The quantitative estimate of drug-likeness (QED) is 0.566.